The van der Waals surface area contributed by atoms with Gasteiger partial charge in [0.15, 0.2) is 0 Å². The first-order chi connectivity index (χ1) is 13.4. The fourth-order valence-corrected chi connectivity index (χ4v) is 3.58. The van der Waals surface area contributed by atoms with Crippen LogP contribution in [0.25, 0.3) is 10.9 Å². The van der Waals surface area contributed by atoms with Crippen LogP contribution >= 0.6 is 0 Å². The summed E-state index contributed by atoms with van der Waals surface area (Å²) in [5.74, 6) is 1.53. The third kappa shape index (κ3) is 3.08. The second-order valence-corrected chi connectivity index (χ2v) is 6.69. The van der Waals surface area contributed by atoms with Gasteiger partial charge in [0, 0.05) is 30.9 Å². The number of benzene rings is 2. The van der Waals surface area contributed by atoms with E-state index in [9.17, 15) is 0 Å². The molecule has 1 aliphatic heterocycles. The van der Waals surface area contributed by atoms with Crippen LogP contribution in [0.5, 0.6) is 0 Å². The Kier molecular flexibility index (Phi) is 3.90. The fraction of sp³-hybridized carbons (Fsp3) is 0.136. The molecule has 0 saturated heterocycles. The first-order valence-electron chi connectivity index (χ1n) is 9.12. The lowest BCUT2D eigenvalue weighted by Gasteiger charge is -2.28. The summed E-state index contributed by atoms with van der Waals surface area (Å²) in [5, 5.41) is 4.51. The Bertz CT molecular complexity index is 1100. The van der Waals surface area contributed by atoms with Crippen LogP contribution in [0, 0.1) is 0 Å². The monoisotopic (exact) mass is 353 g/mol. The fourth-order valence-electron chi connectivity index (χ4n) is 3.58. The van der Waals surface area contributed by atoms with E-state index >= 15 is 0 Å². The van der Waals surface area contributed by atoms with Crippen molar-refractivity contribution in [3.8, 4) is 0 Å². The molecule has 2 aromatic heterocycles. The lowest BCUT2D eigenvalue weighted by atomic mass is 10.0. The van der Waals surface area contributed by atoms with E-state index < -0.39 is 0 Å². The first-order valence-corrected chi connectivity index (χ1v) is 9.12. The third-order valence-electron chi connectivity index (χ3n) is 4.95. The van der Waals surface area contributed by atoms with Gasteiger partial charge >= 0.3 is 0 Å². The Morgan fingerprint density at radius 2 is 1.70 bits per heavy atom. The average Bonchev–Trinajstić information content (AvgIpc) is 2.74. The highest BCUT2D eigenvalue weighted by Crippen LogP contribution is 2.26. The molecule has 0 fully saturated rings. The molecule has 4 aromatic rings. The second kappa shape index (κ2) is 6.68. The normalized spacial score (nSPS) is 13.4. The van der Waals surface area contributed by atoms with Crippen molar-refractivity contribution in [3.63, 3.8) is 0 Å². The van der Waals surface area contributed by atoms with Gasteiger partial charge in [-0.3, -0.25) is 4.98 Å². The maximum absolute atomic E-state index is 4.75. The number of hydrogen-bond donors (Lipinski definition) is 1. The topological polar surface area (TPSA) is 53.9 Å². The van der Waals surface area contributed by atoms with Gasteiger partial charge in [0.2, 0.25) is 5.95 Å². The second-order valence-electron chi connectivity index (χ2n) is 6.69. The highest BCUT2D eigenvalue weighted by atomic mass is 15.3. The smallest absolute Gasteiger partial charge is 0.227 e. The van der Waals surface area contributed by atoms with Crippen LogP contribution in [0.15, 0.2) is 73.1 Å². The number of para-hydroxylation sites is 1. The maximum atomic E-state index is 4.75. The van der Waals surface area contributed by atoms with Crippen LogP contribution in [0.3, 0.4) is 0 Å². The number of fused-ring (bicyclic) bond motifs is 2. The van der Waals surface area contributed by atoms with Crippen LogP contribution in [0.4, 0.5) is 17.5 Å². The molecule has 1 aliphatic rings. The lowest BCUT2D eigenvalue weighted by molar-refractivity contribution is 0.708. The molecule has 0 unspecified atom stereocenters. The zero-order valence-corrected chi connectivity index (χ0v) is 14.8. The molecule has 5 rings (SSSR count). The molecule has 2 aromatic carbocycles. The maximum Gasteiger partial charge on any atom is 0.227 e. The molecule has 1 N–H and O–H groups in total. The molecule has 0 saturated carbocycles. The summed E-state index contributed by atoms with van der Waals surface area (Å²) in [7, 11) is 0. The van der Waals surface area contributed by atoms with E-state index in [0.29, 0.717) is 0 Å². The highest BCUT2D eigenvalue weighted by molar-refractivity contribution is 5.91. The summed E-state index contributed by atoms with van der Waals surface area (Å²) in [6.45, 7) is 1.77. The molecule has 0 atom stereocenters. The number of anilines is 3. The summed E-state index contributed by atoms with van der Waals surface area (Å²) in [4.78, 5) is 16.0. The van der Waals surface area contributed by atoms with Gasteiger partial charge in [-0.25, -0.2) is 4.98 Å². The third-order valence-corrected chi connectivity index (χ3v) is 4.95. The largest absolute Gasteiger partial charge is 0.338 e. The molecular weight excluding hydrogens is 334 g/mol. The van der Waals surface area contributed by atoms with Crippen LogP contribution in [0.1, 0.15) is 11.1 Å². The Morgan fingerprint density at radius 1 is 0.815 bits per heavy atom. The Morgan fingerprint density at radius 3 is 2.67 bits per heavy atom. The molecule has 0 amide bonds. The molecule has 0 spiro atoms. The van der Waals surface area contributed by atoms with Gasteiger partial charge in [-0.05, 0) is 35.7 Å². The molecule has 27 heavy (non-hydrogen) atoms. The average molecular weight is 353 g/mol. The van der Waals surface area contributed by atoms with E-state index in [0.717, 1.165) is 47.9 Å². The zero-order valence-electron chi connectivity index (χ0n) is 14.8. The molecule has 3 heterocycles. The molecule has 5 nitrogen and oxygen atoms in total. The minimum absolute atomic E-state index is 0.752. The molecule has 0 radical (unpaired) electrons. The van der Waals surface area contributed by atoms with Crippen LogP contribution < -0.4 is 10.2 Å². The molecule has 5 heteroatoms. The molecular formula is C22H19N5. The predicted molar refractivity (Wildman–Crippen MR) is 108 cm³/mol. The van der Waals surface area contributed by atoms with Crippen molar-refractivity contribution in [1.29, 1.82) is 0 Å². The Hall–Kier alpha value is -3.47. The number of nitrogens with one attached hydrogen (secondary N) is 1. The van der Waals surface area contributed by atoms with Crippen molar-refractivity contribution in [1.82, 2.24) is 15.0 Å². The van der Waals surface area contributed by atoms with E-state index in [1.807, 2.05) is 36.7 Å². The van der Waals surface area contributed by atoms with Gasteiger partial charge < -0.3 is 10.2 Å². The molecule has 132 valence electrons. The van der Waals surface area contributed by atoms with Gasteiger partial charge in [-0.1, -0.05) is 42.5 Å². The first kappa shape index (κ1) is 15.8. The van der Waals surface area contributed by atoms with Crippen molar-refractivity contribution in [2.45, 2.75) is 13.0 Å². The Labute approximate surface area is 157 Å². The summed E-state index contributed by atoms with van der Waals surface area (Å²) >= 11 is 0. The zero-order chi connectivity index (χ0) is 18.1. The minimum atomic E-state index is 0.752. The van der Waals surface area contributed by atoms with Crippen molar-refractivity contribution < 1.29 is 0 Å². The number of nitrogens with zero attached hydrogens (tertiary/aromatic N) is 4. The van der Waals surface area contributed by atoms with Crippen LogP contribution in [-0.2, 0) is 13.0 Å². The van der Waals surface area contributed by atoms with Crippen molar-refractivity contribution >= 4 is 28.4 Å². The van der Waals surface area contributed by atoms with Crippen molar-refractivity contribution in [2.75, 3.05) is 16.8 Å². The quantitative estimate of drug-likeness (QED) is 0.594. The van der Waals surface area contributed by atoms with Gasteiger partial charge in [0.25, 0.3) is 0 Å². The summed E-state index contributed by atoms with van der Waals surface area (Å²) in [5.41, 5.74) is 4.66. The Balaban J connectivity index is 1.43. The van der Waals surface area contributed by atoms with Crippen LogP contribution in [0.2, 0.25) is 0 Å². The van der Waals surface area contributed by atoms with Gasteiger partial charge in [-0.15, -0.1) is 0 Å². The minimum Gasteiger partial charge on any atom is -0.338 e. The van der Waals surface area contributed by atoms with E-state index in [1.165, 1.54) is 11.1 Å². The summed E-state index contributed by atoms with van der Waals surface area (Å²) < 4.78 is 0. The number of hydrogen-bond acceptors (Lipinski definition) is 5. The van der Waals surface area contributed by atoms with Crippen molar-refractivity contribution in [2.24, 2.45) is 0 Å². The summed E-state index contributed by atoms with van der Waals surface area (Å²) in [6, 6.07) is 20.6. The molecule has 0 bridgehead atoms. The van der Waals surface area contributed by atoms with E-state index in [4.69, 9.17) is 4.98 Å². The molecule has 0 aliphatic carbocycles. The number of pyridine rings is 1. The van der Waals surface area contributed by atoms with Gasteiger partial charge in [-0.2, -0.15) is 4.98 Å². The lowest BCUT2D eigenvalue weighted by Crippen LogP contribution is -2.31. The van der Waals surface area contributed by atoms with Crippen LogP contribution in [-0.4, -0.2) is 21.5 Å². The van der Waals surface area contributed by atoms with E-state index in [1.54, 1.807) is 0 Å². The van der Waals surface area contributed by atoms with E-state index in [2.05, 4.69) is 56.6 Å². The SMILES string of the molecule is c1ccc2c(c1)CCN(c1nccc(Nc3cccc4cccnc34)n1)C2. The number of aromatic nitrogens is 3. The highest BCUT2D eigenvalue weighted by Gasteiger charge is 2.18. The van der Waals surface area contributed by atoms with Gasteiger partial charge in [0.1, 0.15) is 5.82 Å². The van der Waals surface area contributed by atoms with E-state index in [-0.39, 0.29) is 0 Å². The van der Waals surface area contributed by atoms with Gasteiger partial charge in [0.05, 0.1) is 11.2 Å². The summed E-state index contributed by atoms with van der Waals surface area (Å²) in [6.07, 6.45) is 4.64. The van der Waals surface area contributed by atoms with Crippen molar-refractivity contribution in [3.05, 3.63) is 84.2 Å². The standard InChI is InChI=1S/C22H19N5/c1-2-6-18-15-27(14-11-16(18)5-1)22-24-13-10-20(26-22)25-19-9-3-7-17-8-4-12-23-21(17)19/h1-10,12-13H,11,14-15H2,(H,24,25,26). The number of rotatable bonds is 3. The predicted octanol–water partition coefficient (Wildman–Crippen LogP) is 4.33.